The molecule has 2 aromatic rings. The Hall–Kier alpha value is -0.670. The van der Waals surface area contributed by atoms with Crippen molar-refractivity contribution in [2.75, 3.05) is 0 Å². The van der Waals surface area contributed by atoms with Gasteiger partial charge >= 0.3 is 0 Å². The fraction of sp³-hybridized carbons (Fsp3) is 0.250. The van der Waals surface area contributed by atoms with E-state index in [-0.39, 0.29) is 0 Å². The highest BCUT2D eigenvalue weighted by atomic mass is 79.9. The van der Waals surface area contributed by atoms with E-state index in [0.717, 1.165) is 12.1 Å². The van der Waals surface area contributed by atoms with E-state index >= 15 is 0 Å². The van der Waals surface area contributed by atoms with Gasteiger partial charge in [0.2, 0.25) is 0 Å². The Morgan fingerprint density at radius 3 is 2.87 bits per heavy atom. The maximum atomic E-state index is 4.33. The Kier molecular flexibility index (Phi) is 3.54. The van der Waals surface area contributed by atoms with E-state index in [1.807, 2.05) is 18.3 Å². The molecule has 0 spiro atoms. The number of alkyl halides is 1. The first-order valence-electron chi connectivity index (χ1n) is 4.84. The van der Waals surface area contributed by atoms with Crippen LogP contribution >= 0.6 is 27.3 Å². The number of aromatic nitrogens is 1. The minimum absolute atomic E-state index is 0.374. The van der Waals surface area contributed by atoms with Crippen LogP contribution in [0.4, 0.5) is 0 Å². The Morgan fingerprint density at radius 2 is 2.27 bits per heavy atom. The lowest BCUT2D eigenvalue weighted by Gasteiger charge is -2.08. The van der Waals surface area contributed by atoms with Crippen molar-refractivity contribution in [2.24, 2.45) is 0 Å². The molecule has 0 fully saturated rings. The highest BCUT2D eigenvalue weighted by Gasteiger charge is 2.11. The van der Waals surface area contributed by atoms with Crippen LogP contribution in [0.15, 0.2) is 35.2 Å². The zero-order valence-corrected chi connectivity index (χ0v) is 10.9. The molecule has 78 valence electrons. The molecule has 2 aromatic heterocycles. The minimum atomic E-state index is 0.374. The van der Waals surface area contributed by atoms with Crippen LogP contribution < -0.4 is 0 Å². The SMILES string of the molecule is Cc1cscc1C(Br)Cc1ccccn1. The number of rotatable bonds is 3. The van der Waals surface area contributed by atoms with Gasteiger partial charge in [-0.25, -0.2) is 0 Å². The molecule has 0 saturated heterocycles. The summed E-state index contributed by atoms with van der Waals surface area (Å²) >= 11 is 5.47. The van der Waals surface area contributed by atoms with Gasteiger partial charge in [0.25, 0.3) is 0 Å². The fourth-order valence-corrected chi connectivity index (χ4v) is 3.41. The number of hydrogen-bond acceptors (Lipinski definition) is 2. The molecular weight excluding hydrogens is 270 g/mol. The van der Waals surface area contributed by atoms with Gasteiger partial charge in [0.15, 0.2) is 0 Å². The van der Waals surface area contributed by atoms with Gasteiger partial charge in [-0.2, -0.15) is 11.3 Å². The van der Waals surface area contributed by atoms with Crippen molar-refractivity contribution in [3.05, 3.63) is 52.0 Å². The molecule has 1 nitrogen and oxygen atoms in total. The smallest absolute Gasteiger partial charge is 0.0461 e. The molecule has 2 rings (SSSR count). The molecule has 0 radical (unpaired) electrons. The highest BCUT2D eigenvalue weighted by Crippen LogP contribution is 2.30. The number of nitrogens with zero attached hydrogens (tertiary/aromatic N) is 1. The largest absolute Gasteiger partial charge is 0.261 e. The van der Waals surface area contributed by atoms with Crippen molar-refractivity contribution in [3.8, 4) is 0 Å². The van der Waals surface area contributed by atoms with Crippen LogP contribution in [0.25, 0.3) is 0 Å². The van der Waals surface area contributed by atoms with E-state index in [9.17, 15) is 0 Å². The zero-order valence-electron chi connectivity index (χ0n) is 8.48. The van der Waals surface area contributed by atoms with E-state index in [1.165, 1.54) is 11.1 Å². The Balaban J connectivity index is 2.11. The molecule has 0 aliphatic carbocycles. The first-order valence-corrected chi connectivity index (χ1v) is 6.70. The summed E-state index contributed by atoms with van der Waals surface area (Å²) in [5, 5.41) is 4.39. The Bertz CT molecular complexity index is 424. The third-order valence-electron chi connectivity index (χ3n) is 2.35. The van der Waals surface area contributed by atoms with Gasteiger partial charge in [-0.3, -0.25) is 4.98 Å². The molecule has 1 atom stereocenters. The predicted molar refractivity (Wildman–Crippen MR) is 68.7 cm³/mol. The number of pyridine rings is 1. The number of hydrogen-bond donors (Lipinski definition) is 0. The molecule has 0 saturated carbocycles. The van der Waals surface area contributed by atoms with E-state index < -0.39 is 0 Å². The normalized spacial score (nSPS) is 12.7. The minimum Gasteiger partial charge on any atom is -0.261 e. The quantitative estimate of drug-likeness (QED) is 0.771. The highest BCUT2D eigenvalue weighted by molar-refractivity contribution is 9.09. The van der Waals surface area contributed by atoms with Crippen molar-refractivity contribution < 1.29 is 0 Å². The second kappa shape index (κ2) is 4.90. The fourth-order valence-electron chi connectivity index (χ4n) is 1.50. The summed E-state index contributed by atoms with van der Waals surface area (Å²) in [7, 11) is 0. The molecule has 15 heavy (non-hydrogen) atoms. The summed E-state index contributed by atoms with van der Waals surface area (Å²) in [5.74, 6) is 0. The number of thiophene rings is 1. The molecule has 0 N–H and O–H groups in total. The van der Waals surface area contributed by atoms with Crippen LogP contribution in [-0.4, -0.2) is 4.98 Å². The predicted octanol–water partition coefficient (Wildman–Crippen LogP) is 4.13. The monoisotopic (exact) mass is 281 g/mol. The van der Waals surface area contributed by atoms with Crippen molar-refractivity contribution in [3.63, 3.8) is 0 Å². The first kappa shape index (κ1) is 10.8. The van der Waals surface area contributed by atoms with Crippen LogP contribution in [0, 0.1) is 6.92 Å². The summed E-state index contributed by atoms with van der Waals surface area (Å²) in [6.07, 6.45) is 2.79. The molecule has 0 bridgehead atoms. The summed E-state index contributed by atoms with van der Waals surface area (Å²) in [6, 6.07) is 6.04. The zero-order chi connectivity index (χ0) is 10.7. The van der Waals surface area contributed by atoms with Gasteiger partial charge in [0, 0.05) is 23.1 Å². The van der Waals surface area contributed by atoms with E-state index in [1.54, 1.807) is 11.3 Å². The lowest BCUT2D eigenvalue weighted by atomic mass is 10.1. The average Bonchev–Trinajstić information content (AvgIpc) is 2.66. The molecule has 3 heteroatoms. The summed E-state index contributed by atoms with van der Waals surface area (Å²) in [4.78, 5) is 4.71. The standard InChI is InChI=1S/C12H12BrNS/c1-9-7-15-8-11(9)12(13)6-10-4-2-3-5-14-10/h2-5,7-8,12H,6H2,1H3. The van der Waals surface area contributed by atoms with E-state index in [4.69, 9.17) is 0 Å². The van der Waals surface area contributed by atoms with Gasteiger partial charge in [-0.05, 0) is 40.9 Å². The number of aryl methyl sites for hydroxylation is 1. The van der Waals surface area contributed by atoms with Crippen LogP contribution in [0.3, 0.4) is 0 Å². The second-order valence-corrected chi connectivity index (χ2v) is 5.35. The maximum Gasteiger partial charge on any atom is 0.0461 e. The molecule has 0 aromatic carbocycles. The van der Waals surface area contributed by atoms with Crippen molar-refractivity contribution >= 4 is 27.3 Å². The molecule has 0 aliphatic rings. The van der Waals surface area contributed by atoms with Gasteiger partial charge in [0.1, 0.15) is 0 Å². The molecule has 0 aliphatic heterocycles. The Morgan fingerprint density at radius 1 is 1.40 bits per heavy atom. The summed E-state index contributed by atoms with van der Waals surface area (Å²) < 4.78 is 0. The van der Waals surface area contributed by atoms with Crippen molar-refractivity contribution in [1.29, 1.82) is 0 Å². The summed E-state index contributed by atoms with van der Waals surface area (Å²) in [5.41, 5.74) is 3.87. The van der Waals surface area contributed by atoms with Crippen molar-refractivity contribution in [1.82, 2.24) is 4.98 Å². The molecule has 1 unspecified atom stereocenters. The van der Waals surface area contributed by atoms with Gasteiger partial charge in [-0.15, -0.1) is 0 Å². The third-order valence-corrected chi connectivity index (χ3v) is 4.04. The lowest BCUT2D eigenvalue weighted by molar-refractivity contribution is 0.902. The van der Waals surface area contributed by atoms with Crippen LogP contribution in [0.1, 0.15) is 21.6 Å². The lowest BCUT2D eigenvalue weighted by Crippen LogP contribution is -1.97. The first-order chi connectivity index (χ1) is 7.27. The van der Waals surface area contributed by atoms with Gasteiger partial charge in [0.05, 0.1) is 0 Å². The van der Waals surface area contributed by atoms with Crippen LogP contribution in [-0.2, 0) is 6.42 Å². The molecule has 0 amide bonds. The number of halogens is 1. The second-order valence-electron chi connectivity index (χ2n) is 3.50. The van der Waals surface area contributed by atoms with Gasteiger partial charge in [-0.1, -0.05) is 22.0 Å². The summed E-state index contributed by atoms with van der Waals surface area (Å²) in [6.45, 7) is 2.15. The maximum absolute atomic E-state index is 4.33. The van der Waals surface area contributed by atoms with Crippen LogP contribution in [0.2, 0.25) is 0 Å². The topological polar surface area (TPSA) is 12.9 Å². The molecular formula is C12H12BrNS. The van der Waals surface area contributed by atoms with Crippen molar-refractivity contribution in [2.45, 2.75) is 18.2 Å². The van der Waals surface area contributed by atoms with E-state index in [2.05, 4.69) is 44.7 Å². The third kappa shape index (κ3) is 2.67. The average molecular weight is 282 g/mol. The Labute approximate surface area is 102 Å². The molecule has 2 heterocycles. The van der Waals surface area contributed by atoms with E-state index in [0.29, 0.717) is 4.83 Å². The van der Waals surface area contributed by atoms with Crippen LogP contribution in [0.5, 0.6) is 0 Å². The van der Waals surface area contributed by atoms with Gasteiger partial charge < -0.3 is 0 Å².